The summed E-state index contributed by atoms with van der Waals surface area (Å²) in [5.74, 6) is -0.508. The first-order chi connectivity index (χ1) is 16.7. The fourth-order valence-corrected chi connectivity index (χ4v) is 3.84. The van der Waals surface area contributed by atoms with E-state index in [-0.39, 0.29) is 24.9 Å². The molecule has 0 bridgehead atoms. The molecule has 0 spiro atoms. The van der Waals surface area contributed by atoms with Gasteiger partial charge in [-0.2, -0.15) is 0 Å². The number of hydrogen-bond donors (Lipinski definition) is 1. The molecule has 0 unspecified atom stereocenters. The van der Waals surface area contributed by atoms with Crippen molar-refractivity contribution in [1.29, 1.82) is 0 Å². The Morgan fingerprint density at radius 1 is 0.971 bits per heavy atom. The van der Waals surface area contributed by atoms with Crippen LogP contribution in [0.5, 0.6) is 0 Å². The summed E-state index contributed by atoms with van der Waals surface area (Å²) in [7, 11) is 1.58. The average molecular weight is 458 g/mol. The summed E-state index contributed by atoms with van der Waals surface area (Å²) in [5.41, 5.74) is 3.12. The molecule has 8 heteroatoms. The lowest BCUT2D eigenvalue weighted by atomic mass is 10.0. The first-order valence-corrected chi connectivity index (χ1v) is 11.1. The Balaban J connectivity index is 1.69. The quantitative estimate of drug-likeness (QED) is 0.370. The van der Waals surface area contributed by atoms with E-state index in [1.54, 1.807) is 16.7 Å². The maximum atomic E-state index is 13.7. The van der Waals surface area contributed by atoms with E-state index in [2.05, 4.69) is 15.6 Å². The van der Waals surface area contributed by atoms with Crippen LogP contribution in [0.2, 0.25) is 0 Å². The summed E-state index contributed by atoms with van der Waals surface area (Å²) >= 11 is 0. The smallest absolute Gasteiger partial charge is 0.247 e. The maximum Gasteiger partial charge on any atom is 0.247 e. The van der Waals surface area contributed by atoms with Gasteiger partial charge in [0.15, 0.2) is 0 Å². The minimum Gasteiger partial charge on any atom is -0.383 e. The number of carbonyl (C=O) groups is 2. The zero-order valence-electron chi connectivity index (χ0n) is 19.0. The number of amides is 2. The van der Waals surface area contributed by atoms with Crippen molar-refractivity contribution in [2.24, 2.45) is 0 Å². The highest BCUT2D eigenvalue weighted by molar-refractivity contribution is 5.89. The van der Waals surface area contributed by atoms with Crippen LogP contribution in [0.25, 0.3) is 11.0 Å². The molecule has 0 aliphatic rings. The summed E-state index contributed by atoms with van der Waals surface area (Å²) in [6.07, 6.45) is 0. The van der Waals surface area contributed by atoms with Crippen LogP contribution in [0.1, 0.15) is 17.2 Å². The van der Waals surface area contributed by atoms with Crippen molar-refractivity contribution in [2.75, 3.05) is 20.3 Å². The molecule has 3 aromatic carbocycles. The fourth-order valence-electron chi connectivity index (χ4n) is 3.84. The number of fused-ring (bicyclic) bond motifs is 1. The van der Waals surface area contributed by atoms with Crippen molar-refractivity contribution >= 4 is 22.8 Å². The van der Waals surface area contributed by atoms with Crippen molar-refractivity contribution in [3.05, 3.63) is 96.1 Å². The van der Waals surface area contributed by atoms with E-state index in [9.17, 15) is 9.59 Å². The number of rotatable bonds is 10. The molecule has 2 amide bonds. The predicted octanol–water partition coefficient (Wildman–Crippen LogP) is 2.96. The van der Waals surface area contributed by atoms with Crippen LogP contribution in [0.4, 0.5) is 0 Å². The molecule has 0 fully saturated rings. The molecule has 1 atom stereocenters. The van der Waals surface area contributed by atoms with Crippen molar-refractivity contribution in [3.63, 3.8) is 0 Å². The van der Waals surface area contributed by atoms with Crippen LogP contribution < -0.4 is 5.32 Å². The molecular formula is C26H27N5O3. The zero-order chi connectivity index (χ0) is 23.8. The van der Waals surface area contributed by atoms with Gasteiger partial charge in [0.1, 0.15) is 18.1 Å². The van der Waals surface area contributed by atoms with E-state index in [4.69, 9.17) is 4.74 Å². The second-order valence-electron chi connectivity index (χ2n) is 7.84. The van der Waals surface area contributed by atoms with E-state index < -0.39 is 6.04 Å². The Bertz CT molecular complexity index is 1230. The van der Waals surface area contributed by atoms with Crippen LogP contribution in [0.3, 0.4) is 0 Å². The van der Waals surface area contributed by atoms with E-state index >= 15 is 0 Å². The molecule has 4 rings (SSSR count). The summed E-state index contributed by atoms with van der Waals surface area (Å²) in [6, 6.07) is 25.6. The molecule has 0 saturated heterocycles. The SMILES string of the molecule is COCCNC(=O)[C@H](c1ccccc1)N(Cc1ccccc1)C(=O)Cn1nnc2ccccc21. The maximum absolute atomic E-state index is 13.7. The molecular weight excluding hydrogens is 430 g/mol. The monoisotopic (exact) mass is 457 g/mol. The summed E-state index contributed by atoms with van der Waals surface area (Å²) in [6.45, 7) is 0.955. The Hall–Kier alpha value is -4.04. The van der Waals surface area contributed by atoms with E-state index in [1.807, 2.05) is 84.9 Å². The third-order valence-electron chi connectivity index (χ3n) is 5.50. The van der Waals surface area contributed by atoms with Gasteiger partial charge in [-0.25, -0.2) is 4.68 Å². The summed E-state index contributed by atoms with van der Waals surface area (Å²) < 4.78 is 6.65. The first kappa shape index (κ1) is 23.1. The highest BCUT2D eigenvalue weighted by atomic mass is 16.5. The molecule has 1 aromatic heterocycles. The van der Waals surface area contributed by atoms with Gasteiger partial charge < -0.3 is 15.0 Å². The third-order valence-corrected chi connectivity index (χ3v) is 5.50. The Labute approximate surface area is 198 Å². The predicted molar refractivity (Wildman–Crippen MR) is 129 cm³/mol. The average Bonchev–Trinajstić information content (AvgIpc) is 3.28. The minimum atomic E-state index is -0.819. The van der Waals surface area contributed by atoms with E-state index in [1.165, 1.54) is 0 Å². The van der Waals surface area contributed by atoms with Gasteiger partial charge in [0.2, 0.25) is 11.8 Å². The molecule has 0 aliphatic carbocycles. The lowest BCUT2D eigenvalue weighted by molar-refractivity contribution is -0.142. The van der Waals surface area contributed by atoms with Crippen molar-refractivity contribution < 1.29 is 14.3 Å². The molecule has 8 nitrogen and oxygen atoms in total. The number of hydrogen-bond acceptors (Lipinski definition) is 5. The van der Waals surface area contributed by atoms with Gasteiger partial charge in [-0.3, -0.25) is 9.59 Å². The number of nitrogens with zero attached hydrogens (tertiary/aromatic N) is 4. The van der Waals surface area contributed by atoms with Crippen molar-refractivity contribution in [1.82, 2.24) is 25.2 Å². The number of ether oxygens (including phenoxy) is 1. The number of aromatic nitrogens is 3. The highest BCUT2D eigenvalue weighted by Gasteiger charge is 2.31. The van der Waals surface area contributed by atoms with Crippen LogP contribution >= 0.6 is 0 Å². The first-order valence-electron chi connectivity index (χ1n) is 11.1. The second-order valence-corrected chi connectivity index (χ2v) is 7.84. The fraction of sp³-hybridized carbons (Fsp3) is 0.231. The van der Waals surface area contributed by atoms with Crippen molar-refractivity contribution in [2.45, 2.75) is 19.1 Å². The number of carbonyl (C=O) groups excluding carboxylic acids is 2. The lowest BCUT2D eigenvalue weighted by Crippen LogP contribution is -2.45. The Kier molecular flexibility index (Phi) is 7.62. The second kappa shape index (κ2) is 11.2. The highest BCUT2D eigenvalue weighted by Crippen LogP contribution is 2.24. The van der Waals surface area contributed by atoms with Crippen LogP contribution in [0, 0.1) is 0 Å². The normalized spacial score (nSPS) is 11.8. The summed E-state index contributed by atoms with van der Waals surface area (Å²) in [4.78, 5) is 28.7. The van der Waals surface area contributed by atoms with E-state index in [0.717, 1.165) is 16.6 Å². The van der Waals surface area contributed by atoms with Gasteiger partial charge in [0.05, 0.1) is 12.1 Å². The van der Waals surface area contributed by atoms with Crippen molar-refractivity contribution in [3.8, 4) is 0 Å². The molecule has 0 saturated carbocycles. The van der Waals surface area contributed by atoms with Crippen LogP contribution in [-0.4, -0.2) is 52.0 Å². The lowest BCUT2D eigenvalue weighted by Gasteiger charge is -2.31. The summed E-state index contributed by atoms with van der Waals surface area (Å²) in [5, 5.41) is 11.2. The largest absolute Gasteiger partial charge is 0.383 e. The topological polar surface area (TPSA) is 89.4 Å². The zero-order valence-corrected chi connectivity index (χ0v) is 19.0. The van der Waals surface area contributed by atoms with Gasteiger partial charge >= 0.3 is 0 Å². The molecule has 1 N–H and O–H groups in total. The molecule has 0 aliphatic heterocycles. The standard InChI is InChI=1S/C26H27N5O3/c1-34-17-16-27-26(33)25(21-12-6-3-7-13-21)30(18-20-10-4-2-5-11-20)24(32)19-31-23-15-9-8-14-22(23)28-29-31/h2-15,25H,16-19H2,1H3,(H,27,33)/t25-/m0/s1. The molecule has 174 valence electrons. The minimum absolute atomic E-state index is 0.0397. The third kappa shape index (κ3) is 5.47. The van der Waals surface area contributed by atoms with Crippen LogP contribution in [0.15, 0.2) is 84.9 Å². The Morgan fingerprint density at radius 3 is 2.38 bits per heavy atom. The van der Waals surface area contributed by atoms with E-state index in [0.29, 0.717) is 18.7 Å². The van der Waals surface area contributed by atoms with Gasteiger partial charge in [-0.05, 0) is 23.3 Å². The van der Waals surface area contributed by atoms with Gasteiger partial charge in [0.25, 0.3) is 0 Å². The molecule has 4 aromatic rings. The molecule has 34 heavy (non-hydrogen) atoms. The number of nitrogens with one attached hydrogen (secondary N) is 1. The number of para-hydroxylation sites is 1. The Morgan fingerprint density at radius 2 is 1.65 bits per heavy atom. The molecule has 1 heterocycles. The van der Waals surface area contributed by atoms with Gasteiger partial charge in [-0.15, -0.1) is 5.10 Å². The van der Waals surface area contributed by atoms with Crippen LogP contribution in [-0.2, 0) is 27.4 Å². The number of benzene rings is 3. The molecule has 0 radical (unpaired) electrons. The van der Waals surface area contributed by atoms with Gasteiger partial charge in [-0.1, -0.05) is 78.0 Å². The van der Waals surface area contributed by atoms with Gasteiger partial charge in [0, 0.05) is 20.2 Å². The number of methoxy groups -OCH3 is 1.